The van der Waals surface area contributed by atoms with Gasteiger partial charge < -0.3 is 15.7 Å². The summed E-state index contributed by atoms with van der Waals surface area (Å²) in [6, 6.07) is 11.7. The van der Waals surface area contributed by atoms with E-state index in [0.717, 1.165) is 51.3 Å². The lowest BCUT2D eigenvalue weighted by molar-refractivity contribution is 0.469. The van der Waals surface area contributed by atoms with Crippen molar-refractivity contribution in [2.75, 3.05) is 17.7 Å². The summed E-state index contributed by atoms with van der Waals surface area (Å²) in [7, 11) is 1.86. The zero-order valence-corrected chi connectivity index (χ0v) is 23.2. The van der Waals surface area contributed by atoms with E-state index in [1.807, 2.05) is 42.9 Å². The highest BCUT2D eigenvalue weighted by molar-refractivity contribution is 9.10. The summed E-state index contributed by atoms with van der Waals surface area (Å²) in [5.74, 6) is 1.81. The summed E-state index contributed by atoms with van der Waals surface area (Å²) >= 11 is 3.57. The minimum atomic E-state index is 0.374. The SMILES string of the molecule is CCCCC(CC)c1cc(NCc2cccnc2)n2ncc(Br)c2n1.CCc1c(O)cccc1NC. The van der Waals surface area contributed by atoms with Crippen LogP contribution in [0.5, 0.6) is 5.75 Å². The summed E-state index contributed by atoms with van der Waals surface area (Å²) in [6.07, 6.45) is 11.0. The van der Waals surface area contributed by atoms with Gasteiger partial charge in [-0.2, -0.15) is 9.61 Å². The maximum atomic E-state index is 9.38. The van der Waals surface area contributed by atoms with Gasteiger partial charge in [-0.25, -0.2) is 4.98 Å². The Morgan fingerprint density at radius 1 is 1.11 bits per heavy atom. The lowest BCUT2D eigenvalue weighted by Crippen LogP contribution is -2.10. The molecule has 0 saturated carbocycles. The van der Waals surface area contributed by atoms with Crippen molar-refractivity contribution < 1.29 is 5.11 Å². The van der Waals surface area contributed by atoms with Crippen LogP contribution in [-0.2, 0) is 13.0 Å². The Balaban J connectivity index is 0.000000275. The molecule has 36 heavy (non-hydrogen) atoms. The van der Waals surface area contributed by atoms with E-state index in [0.29, 0.717) is 18.2 Å². The van der Waals surface area contributed by atoms with Gasteiger partial charge in [-0.3, -0.25) is 4.98 Å². The molecule has 0 amide bonds. The van der Waals surface area contributed by atoms with Crippen molar-refractivity contribution in [2.45, 2.75) is 65.3 Å². The molecule has 4 rings (SSSR count). The molecule has 7 nitrogen and oxygen atoms in total. The number of pyridine rings is 1. The number of hydrogen-bond acceptors (Lipinski definition) is 6. The van der Waals surface area contributed by atoms with E-state index in [2.05, 4.69) is 62.6 Å². The van der Waals surface area contributed by atoms with Crippen LogP contribution in [0.2, 0.25) is 0 Å². The second-order valence-corrected chi connectivity index (χ2v) is 9.52. The molecule has 0 aliphatic rings. The van der Waals surface area contributed by atoms with E-state index in [9.17, 15) is 5.11 Å². The summed E-state index contributed by atoms with van der Waals surface area (Å²) < 4.78 is 2.78. The first-order valence-electron chi connectivity index (χ1n) is 12.7. The van der Waals surface area contributed by atoms with Gasteiger partial charge in [-0.1, -0.05) is 45.7 Å². The molecule has 0 radical (unpaired) electrons. The lowest BCUT2D eigenvalue weighted by atomic mass is 9.95. The van der Waals surface area contributed by atoms with Crippen molar-refractivity contribution in [3.8, 4) is 5.75 Å². The standard InChI is InChI=1S/C19H24BrN5.C9H13NO/c1-3-5-8-15(4-2)17-10-18(22-12-14-7-6-9-21-11-14)25-19(24-17)16(20)13-23-25;1-3-7-8(10-2)5-4-6-9(7)11/h6-7,9-11,13,15,22H,3-5,8,12H2,1-2H3;4-6,10-11H,3H2,1-2H3. The zero-order valence-electron chi connectivity index (χ0n) is 21.6. The summed E-state index contributed by atoms with van der Waals surface area (Å²) in [6.45, 7) is 7.20. The number of nitrogens with zero attached hydrogens (tertiary/aromatic N) is 4. The van der Waals surface area contributed by atoms with Gasteiger partial charge in [0, 0.05) is 54.9 Å². The van der Waals surface area contributed by atoms with Crippen LogP contribution in [0.4, 0.5) is 11.5 Å². The van der Waals surface area contributed by atoms with Gasteiger partial charge in [0.1, 0.15) is 11.6 Å². The molecule has 192 valence electrons. The first-order valence-corrected chi connectivity index (χ1v) is 13.5. The number of phenols is 1. The maximum Gasteiger partial charge on any atom is 0.171 e. The Bertz CT molecular complexity index is 1230. The first-order chi connectivity index (χ1) is 17.5. The fourth-order valence-corrected chi connectivity index (χ4v) is 4.53. The number of nitrogens with one attached hydrogen (secondary N) is 2. The summed E-state index contributed by atoms with van der Waals surface area (Å²) in [5.41, 5.74) is 5.13. The van der Waals surface area contributed by atoms with E-state index >= 15 is 0 Å². The predicted molar refractivity (Wildman–Crippen MR) is 152 cm³/mol. The minimum absolute atomic E-state index is 0.374. The fourth-order valence-electron chi connectivity index (χ4n) is 4.18. The summed E-state index contributed by atoms with van der Waals surface area (Å²) in [4.78, 5) is 9.05. The van der Waals surface area contributed by atoms with Crippen LogP contribution < -0.4 is 10.6 Å². The number of aromatic hydroxyl groups is 1. The van der Waals surface area contributed by atoms with Crippen molar-refractivity contribution in [1.82, 2.24) is 19.6 Å². The topological polar surface area (TPSA) is 87.4 Å². The Morgan fingerprint density at radius 3 is 2.58 bits per heavy atom. The molecule has 0 spiro atoms. The highest BCUT2D eigenvalue weighted by atomic mass is 79.9. The van der Waals surface area contributed by atoms with Crippen LogP contribution in [0.15, 0.2) is 59.5 Å². The van der Waals surface area contributed by atoms with E-state index in [4.69, 9.17) is 4.98 Å². The normalized spacial score (nSPS) is 11.6. The van der Waals surface area contributed by atoms with E-state index in [-0.39, 0.29) is 0 Å². The van der Waals surface area contributed by atoms with Crippen molar-refractivity contribution in [1.29, 1.82) is 0 Å². The molecule has 3 N–H and O–H groups in total. The molecule has 0 aliphatic heterocycles. The number of aromatic nitrogens is 4. The maximum absolute atomic E-state index is 9.38. The monoisotopic (exact) mass is 552 g/mol. The number of unbranched alkanes of at least 4 members (excludes halogenated alkanes) is 1. The molecular formula is C28H37BrN6O. The number of halogens is 1. The molecule has 4 aromatic rings. The molecule has 3 aromatic heterocycles. The van der Waals surface area contributed by atoms with Crippen molar-refractivity contribution in [2.24, 2.45) is 0 Å². The molecule has 0 saturated heterocycles. The third-order valence-corrected chi connectivity index (χ3v) is 6.80. The molecule has 1 unspecified atom stereocenters. The molecule has 3 heterocycles. The van der Waals surface area contributed by atoms with Crippen molar-refractivity contribution in [3.05, 3.63) is 76.3 Å². The minimum Gasteiger partial charge on any atom is -0.508 e. The van der Waals surface area contributed by atoms with E-state index in [1.54, 1.807) is 18.5 Å². The van der Waals surface area contributed by atoms with Gasteiger partial charge in [0.2, 0.25) is 0 Å². The largest absolute Gasteiger partial charge is 0.508 e. The number of hydrogen-bond donors (Lipinski definition) is 3. The van der Waals surface area contributed by atoms with Gasteiger partial charge in [-0.15, -0.1) is 0 Å². The third-order valence-electron chi connectivity index (χ3n) is 6.24. The highest BCUT2D eigenvalue weighted by Gasteiger charge is 2.16. The molecule has 0 bridgehead atoms. The van der Waals surface area contributed by atoms with Gasteiger partial charge in [-0.05, 0) is 59.0 Å². The molecule has 0 aliphatic carbocycles. The number of fused-ring (bicyclic) bond motifs is 1. The van der Waals surface area contributed by atoms with E-state index in [1.165, 1.54) is 19.3 Å². The van der Waals surface area contributed by atoms with Gasteiger partial charge in [0.25, 0.3) is 0 Å². The quantitative estimate of drug-likeness (QED) is 0.193. The molecule has 1 aromatic carbocycles. The van der Waals surface area contributed by atoms with Gasteiger partial charge >= 0.3 is 0 Å². The average molecular weight is 554 g/mol. The Kier molecular flexibility index (Phi) is 10.5. The molecule has 1 atom stereocenters. The second kappa shape index (κ2) is 13.8. The number of phenolic OH excluding ortho intramolecular Hbond substituents is 1. The summed E-state index contributed by atoms with van der Waals surface area (Å²) in [5, 5.41) is 20.4. The first kappa shape index (κ1) is 27.5. The average Bonchev–Trinajstić information content (AvgIpc) is 3.29. The number of benzene rings is 1. The van der Waals surface area contributed by atoms with Crippen LogP contribution in [-0.4, -0.2) is 31.7 Å². The lowest BCUT2D eigenvalue weighted by Gasteiger charge is -2.17. The van der Waals surface area contributed by atoms with Gasteiger partial charge in [0.05, 0.1) is 10.7 Å². The fraction of sp³-hybridized carbons (Fsp3) is 0.393. The van der Waals surface area contributed by atoms with Crippen LogP contribution in [0, 0.1) is 0 Å². The Morgan fingerprint density at radius 2 is 1.94 bits per heavy atom. The van der Waals surface area contributed by atoms with Crippen LogP contribution >= 0.6 is 15.9 Å². The van der Waals surface area contributed by atoms with Crippen molar-refractivity contribution >= 4 is 33.1 Å². The van der Waals surface area contributed by atoms with Crippen LogP contribution in [0.3, 0.4) is 0 Å². The van der Waals surface area contributed by atoms with E-state index < -0.39 is 0 Å². The second-order valence-electron chi connectivity index (χ2n) is 8.66. The Hall–Kier alpha value is -3.13. The van der Waals surface area contributed by atoms with Crippen molar-refractivity contribution in [3.63, 3.8) is 0 Å². The van der Waals surface area contributed by atoms with Gasteiger partial charge in [0.15, 0.2) is 5.65 Å². The predicted octanol–water partition coefficient (Wildman–Crippen LogP) is 7.18. The third kappa shape index (κ3) is 6.97. The molecule has 0 fully saturated rings. The van der Waals surface area contributed by atoms with Crippen LogP contribution in [0.1, 0.15) is 69.2 Å². The number of rotatable bonds is 10. The number of anilines is 2. The smallest absolute Gasteiger partial charge is 0.171 e. The molecule has 8 heteroatoms. The molecular weight excluding hydrogens is 516 g/mol. The Labute approximate surface area is 222 Å². The zero-order chi connectivity index (χ0) is 25.9. The highest BCUT2D eigenvalue weighted by Crippen LogP contribution is 2.29. The van der Waals surface area contributed by atoms with Crippen LogP contribution in [0.25, 0.3) is 5.65 Å².